The summed E-state index contributed by atoms with van der Waals surface area (Å²) in [5, 5.41) is 2.24. The van der Waals surface area contributed by atoms with Gasteiger partial charge in [-0.15, -0.1) is 65.8 Å². The third kappa shape index (κ3) is 6.00. The van der Waals surface area contributed by atoms with Gasteiger partial charge in [0.15, 0.2) is 0 Å². The predicted molar refractivity (Wildman–Crippen MR) is 216 cm³/mol. The molecule has 55 heavy (non-hydrogen) atoms. The van der Waals surface area contributed by atoms with Crippen LogP contribution in [0.15, 0.2) is 167 Å². The van der Waals surface area contributed by atoms with Crippen LogP contribution in [-0.2, 0) is 21.1 Å². The SMILES string of the molecule is Cc1cc(C(=C(c2[c-]c(N3[CH-]N(c4ccccc4)c4ccccc43)ccc2)c2[c-]c3c(cc2)c2ccccc2n3-c2ccccn2)c2coc(C)c2)co1.[Pt]. The fourth-order valence-electron chi connectivity index (χ4n) is 7.62. The summed E-state index contributed by atoms with van der Waals surface area (Å²) >= 11 is 0. The van der Waals surface area contributed by atoms with Crippen LogP contribution < -0.4 is 9.80 Å². The van der Waals surface area contributed by atoms with Crippen LogP contribution in [0.2, 0.25) is 0 Å². The largest absolute Gasteiger partial charge is 0.488 e. The second kappa shape index (κ2) is 14.1. The number of anilines is 4. The third-order valence-electron chi connectivity index (χ3n) is 9.99. The van der Waals surface area contributed by atoms with Crippen molar-refractivity contribution < 1.29 is 29.9 Å². The van der Waals surface area contributed by atoms with E-state index in [-0.39, 0.29) is 21.1 Å². The molecule has 0 saturated carbocycles. The summed E-state index contributed by atoms with van der Waals surface area (Å²) in [5.74, 6) is 2.47. The van der Waals surface area contributed by atoms with E-state index in [4.69, 9.17) is 13.8 Å². The topological polar surface area (TPSA) is 50.6 Å². The molecular weight excluding hydrogens is 860 g/mol. The second-order valence-electron chi connectivity index (χ2n) is 13.4. The van der Waals surface area contributed by atoms with Crippen molar-refractivity contribution in [3.05, 3.63) is 211 Å². The first-order valence-corrected chi connectivity index (χ1v) is 17.9. The fourth-order valence-corrected chi connectivity index (χ4v) is 7.62. The number of rotatable bonds is 7. The van der Waals surface area contributed by atoms with Crippen molar-refractivity contribution in [2.24, 2.45) is 0 Å². The number of benzene rings is 5. The number of hydrogen-bond acceptors (Lipinski definition) is 5. The van der Waals surface area contributed by atoms with Crippen molar-refractivity contribution in [1.82, 2.24) is 9.55 Å². The molecular formula is C48H33N4O2Pt-3. The zero-order chi connectivity index (χ0) is 36.2. The van der Waals surface area contributed by atoms with Gasteiger partial charge in [-0.2, -0.15) is 0 Å². The summed E-state index contributed by atoms with van der Waals surface area (Å²) in [7, 11) is 0. The number of hydrogen-bond donors (Lipinski definition) is 0. The molecule has 5 heterocycles. The van der Waals surface area contributed by atoms with E-state index in [1.807, 2.05) is 56.8 Å². The zero-order valence-electron chi connectivity index (χ0n) is 30.0. The first-order chi connectivity index (χ1) is 26.6. The number of aryl methyl sites for hydroxylation is 2. The molecule has 0 atom stereocenters. The van der Waals surface area contributed by atoms with E-state index in [0.29, 0.717) is 0 Å². The monoisotopic (exact) mass is 892 g/mol. The van der Waals surface area contributed by atoms with Gasteiger partial charge in [-0.3, -0.25) is 0 Å². The Bertz CT molecular complexity index is 2810. The fraction of sp³-hybridized carbons (Fsp3) is 0.0417. The van der Waals surface area contributed by atoms with E-state index >= 15 is 0 Å². The molecule has 0 saturated heterocycles. The molecule has 0 amide bonds. The maximum Gasteiger partial charge on any atom is 0.136 e. The number of para-hydroxylation sites is 4. The molecule has 5 aromatic carbocycles. The predicted octanol–water partition coefficient (Wildman–Crippen LogP) is 12.0. The summed E-state index contributed by atoms with van der Waals surface area (Å²) in [6, 6.07) is 56.0. The molecule has 1 aliphatic rings. The van der Waals surface area contributed by atoms with E-state index < -0.39 is 0 Å². The first kappa shape index (κ1) is 34.4. The van der Waals surface area contributed by atoms with Crippen molar-refractivity contribution in [2.45, 2.75) is 13.8 Å². The Hall–Kier alpha value is -6.36. The molecule has 10 rings (SSSR count). The van der Waals surface area contributed by atoms with E-state index in [9.17, 15) is 0 Å². The maximum absolute atomic E-state index is 5.96. The van der Waals surface area contributed by atoms with Gasteiger partial charge >= 0.3 is 0 Å². The van der Waals surface area contributed by atoms with Gasteiger partial charge in [0.2, 0.25) is 0 Å². The Morgan fingerprint density at radius 2 is 1.27 bits per heavy atom. The number of aromatic nitrogens is 2. The van der Waals surface area contributed by atoms with E-state index in [1.165, 1.54) is 0 Å². The molecule has 6 nitrogen and oxygen atoms in total. The van der Waals surface area contributed by atoms with Crippen LogP contribution in [0.25, 0.3) is 38.8 Å². The smallest absolute Gasteiger partial charge is 0.136 e. The summed E-state index contributed by atoms with van der Waals surface area (Å²) in [6.07, 6.45) is 5.48. The molecule has 0 aliphatic carbocycles. The molecule has 0 radical (unpaired) electrons. The van der Waals surface area contributed by atoms with Crippen molar-refractivity contribution in [2.75, 3.05) is 9.80 Å². The molecule has 0 fully saturated rings. The Morgan fingerprint density at radius 3 is 1.98 bits per heavy atom. The van der Waals surface area contributed by atoms with Crippen LogP contribution in [-0.4, -0.2) is 9.55 Å². The molecule has 9 aromatic rings. The van der Waals surface area contributed by atoms with Crippen molar-refractivity contribution in [1.29, 1.82) is 0 Å². The third-order valence-corrected chi connectivity index (χ3v) is 9.99. The van der Waals surface area contributed by atoms with Gasteiger partial charge in [0.25, 0.3) is 0 Å². The van der Waals surface area contributed by atoms with Gasteiger partial charge in [0, 0.05) is 61.0 Å². The van der Waals surface area contributed by atoms with Crippen LogP contribution in [0.1, 0.15) is 33.8 Å². The number of nitrogens with zero attached hydrogens (tertiary/aromatic N) is 4. The summed E-state index contributed by atoms with van der Waals surface area (Å²) in [5.41, 5.74) is 11.8. The molecule has 0 N–H and O–H groups in total. The molecule has 0 unspecified atom stereocenters. The molecule has 4 aromatic heterocycles. The van der Waals surface area contributed by atoms with Gasteiger partial charge in [-0.05, 0) is 84.9 Å². The van der Waals surface area contributed by atoms with E-state index in [1.54, 1.807) is 0 Å². The van der Waals surface area contributed by atoms with Gasteiger partial charge in [-0.1, -0.05) is 65.7 Å². The molecule has 1 aliphatic heterocycles. The molecule has 0 bridgehead atoms. The Labute approximate surface area is 333 Å². The quantitative estimate of drug-likeness (QED) is 0.149. The van der Waals surface area contributed by atoms with Gasteiger partial charge in [0.1, 0.15) is 17.3 Å². The molecule has 7 heteroatoms. The average molecular weight is 893 g/mol. The number of furan rings is 2. The van der Waals surface area contributed by atoms with Crippen LogP contribution >= 0.6 is 0 Å². The van der Waals surface area contributed by atoms with Crippen LogP contribution in [0, 0.1) is 32.6 Å². The normalized spacial score (nSPS) is 12.3. The van der Waals surface area contributed by atoms with Gasteiger partial charge in [-0.25, -0.2) is 4.98 Å². The minimum atomic E-state index is 0. The first-order valence-electron chi connectivity index (χ1n) is 17.9. The molecule has 0 spiro atoms. The van der Waals surface area contributed by atoms with Gasteiger partial charge in [0.05, 0.1) is 12.5 Å². The number of fused-ring (bicyclic) bond motifs is 4. The minimum absolute atomic E-state index is 0. The number of pyridine rings is 1. The molecule has 270 valence electrons. The summed E-state index contributed by atoms with van der Waals surface area (Å²) < 4.78 is 14.1. The summed E-state index contributed by atoms with van der Waals surface area (Å²) in [4.78, 5) is 9.21. The maximum atomic E-state index is 5.96. The van der Waals surface area contributed by atoms with Crippen molar-refractivity contribution in [3.63, 3.8) is 0 Å². The van der Waals surface area contributed by atoms with Crippen LogP contribution in [0.4, 0.5) is 22.7 Å². The Balaban J connectivity index is 0.00000397. The van der Waals surface area contributed by atoms with Gasteiger partial charge < -0.3 is 23.2 Å². The Kier molecular flexibility index (Phi) is 8.84. The Morgan fingerprint density at radius 1 is 0.600 bits per heavy atom. The van der Waals surface area contributed by atoms with E-state index in [0.717, 1.165) is 95.3 Å². The zero-order valence-corrected chi connectivity index (χ0v) is 32.3. The van der Waals surface area contributed by atoms with Crippen LogP contribution in [0.5, 0.6) is 0 Å². The summed E-state index contributed by atoms with van der Waals surface area (Å²) in [6.45, 7) is 6.08. The standard InChI is InChI=1S/C48H33N4O2.Pt/c1-32-25-36(29-53-32)48(37-26-33(2)54-30-37)47(35-22-23-41-40-17-6-7-18-42(40)52(45(41)28-35)46-21-10-11-24-49-46)34-13-12-16-39(27-34)51-31-50(38-14-4-3-5-15-38)43-19-8-9-20-44(43)51;/h3-26,29-31H,1-2H3;/q-3;. The van der Waals surface area contributed by atoms with E-state index in [2.05, 4.69) is 148 Å². The average Bonchev–Trinajstić information content (AvgIpc) is 4.02. The van der Waals surface area contributed by atoms with Crippen LogP contribution in [0.3, 0.4) is 0 Å². The van der Waals surface area contributed by atoms with Crippen molar-refractivity contribution in [3.8, 4) is 5.82 Å². The second-order valence-corrected chi connectivity index (χ2v) is 13.4. The van der Waals surface area contributed by atoms with Crippen molar-refractivity contribution >= 4 is 55.7 Å². The minimum Gasteiger partial charge on any atom is -0.488 e.